The number of carbonyl (C=O) groups is 1. The summed E-state index contributed by atoms with van der Waals surface area (Å²) in [6.07, 6.45) is 2.97. The maximum atomic E-state index is 11.9. The van der Waals surface area contributed by atoms with Crippen LogP contribution in [0.5, 0.6) is 5.75 Å². The summed E-state index contributed by atoms with van der Waals surface area (Å²) >= 11 is 0. The predicted molar refractivity (Wildman–Crippen MR) is 75.1 cm³/mol. The Labute approximate surface area is 114 Å². The molecule has 1 saturated heterocycles. The molecule has 4 nitrogen and oxygen atoms in total. The van der Waals surface area contributed by atoms with Gasteiger partial charge in [-0.15, -0.1) is 0 Å². The molecule has 0 spiro atoms. The van der Waals surface area contributed by atoms with E-state index in [1.165, 1.54) is 0 Å². The van der Waals surface area contributed by atoms with Crippen molar-refractivity contribution in [3.8, 4) is 5.75 Å². The highest BCUT2D eigenvalue weighted by Gasteiger charge is 2.18. The molecule has 4 heteroatoms. The number of nitrogens with two attached hydrogens (primary N) is 1. The molecule has 1 aromatic carbocycles. The molecule has 1 aliphatic rings. The molecule has 1 unspecified atom stereocenters. The minimum atomic E-state index is 0.0769. The number of amides is 1. The van der Waals surface area contributed by atoms with Crippen LogP contribution in [0.3, 0.4) is 0 Å². The molecular weight excluding hydrogens is 240 g/mol. The van der Waals surface area contributed by atoms with E-state index in [4.69, 9.17) is 10.5 Å². The number of para-hydroxylation sites is 1. The number of benzene rings is 1. The third kappa shape index (κ3) is 3.96. The van der Waals surface area contributed by atoms with Gasteiger partial charge in [-0.1, -0.05) is 18.2 Å². The Morgan fingerprint density at radius 1 is 1.37 bits per heavy atom. The normalized spacial score (nSPS) is 16.4. The van der Waals surface area contributed by atoms with Crippen molar-refractivity contribution in [3.05, 3.63) is 29.8 Å². The number of likely N-dealkylation sites (tertiary alicyclic amines) is 1. The van der Waals surface area contributed by atoms with Crippen LogP contribution in [0.2, 0.25) is 0 Å². The molecule has 1 aromatic rings. The number of hydrogen-bond donors (Lipinski definition) is 1. The lowest BCUT2D eigenvalue weighted by Gasteiger charge is -2.17. The fourth-order valence-corrected chi connectivity index (χ4v) is 2.36. The number of rotatable bonds is 5. The highest BCUT2D eigenvalue weighted by atomic mass is 16.5. The second-order valence-electron chi connectivity index (χ2n) is 5.17. The van der Waals surface area contributed by atoms with Gasteiger partial charge >= 0.3 is 0 Å². The smallest absolute Gasteiger partial charge is 0.260 e. The standard InChI is InChI=1S/C15H22N2O2/c1-12(16)10-13-6-2-3-7-14(13)19-11-15(18)17-8-4-5-9-17/h2-3,6-7,12H,4-5,8-11,16H2,1H3. The van der Waals surface area contributed by atoms with Crippen LogP contribution >= 0.6 is 0 Å². The van der Waals surface area contributed by atoms with Crippen LogP contribution in [0.4, 0.5) is 0 Å². The second-order valence-corrected chi connectivity index (χ2v) is 5.17. The maximum absolute atomic E-state index is 11.9. The summed E-state index contributed by atoms with van der Waals surface area (Å²) < 4.78 is 5.67. The van der Waals surface area contributed by atoms with Gasteiger partial charge in [0.1, 0.15) is 5.75 Å². The van der Waals surface area contributed by atoms with Crippen molar-refractivity contribution in [2.75, 3.05) is 19.7 Å². The summed E-state index contributed by atoms with van der Waals surface area (Å²) in [5, 5.41) is 0. The topological polar surface area (TPSA) is 55.6 Å². The molecule has 0 saturated carbocycles. The largest absolute Gasteiger partial charge is 0.483 e. The molecule has 2 N–H and O–H groups in total. The lowest BCUT2D eigenvalue weighted by Crippen LogP contribution is -2.32. The van der Waals surface area contributed by atoms with E-state index >= 15 is 0 Å². The van der Waals surface area contributed by atoms with Crippen LogP contribution in [0.1, 0.15) is 25.3 Å². The van der Waals surface area contributed by atoms with Crippen molar-refractivity contribution in [1.82, 2.24) is 4.90 Å². The second kappa shape index (κ2) is 6.57. The van der Waals surface area contributed by atoms with Crippen molar-refractivity contribution in [2.45, 2.75) is 32.2 Å². The molecule has 1 fully saturated rings. The highest BCUT2D eigenvalue weighted by Crippen LogP contribution is 2.19. The van der Waals surface area contributed by atoms with Gasteiger partial charge in [0.15, 0.2) is 6.61 Å². The first-order chi connectivity index (χ1) is 9.16. The van der Waals surface area contributed by atoms with E-state index in [2.05, 4.69) is 0 Å². The highest BCUT2D eigenvalue weighted by molar-refractivity contribution is 5.78. The molecule has 1 aliphatic heterocycles. The van der Waals surface area contributed by atoms with Crippen molar-refractivity contribution in [1.29, 1.82) is 0 Å². The van der Waals surface area contributed by atoms with E-state index in [0.717, 1.165) is 43.7 Å². The molecule has 19 heavy (non-hydrogen) atoms. The third-order valence-electron chi connectivity index (χ3n) is 3.32. The van der Waals surface area contributed by atoms with E-state index in [-0.39, 0.29) is 18.6 Å². The van der Waals surface area contributed by atoms with Gasteiger partial charge in [-0.3, -0.25) is 4.79 Å². The summed E-state index contributed by atoms with van der Waals surface area (Å²) in [4.78, 5) is 13.8. The third-order valence-corrected chi connectivity index (χ3v) is 3.32. The first kappa shape index (κ1) is 13.9. The molecular formula is C15H22N2O2. The van der Waals surface area contributed by atoms with Crippen molar-refractivity contribution < 1.29 is 9.53 Å². The molecule has 1 atom stereocenters. The molecule has 1 amide bonds. The van der Waals surface area contributed by atoms with Gasteiger partial charge in [-0.2, -0.15) is 0 Å². The van der Waals surface area contributed by atoms with E-state index in [9.17, 15) is 4.79 Å². The monoisotopic (exact) mass is 262 g/mol. The van der Waals surface area contributed by atoms with Gasteiger partial charge in [0.25, 0.3) is 5.91 Å². The molecule has 1 heterocycles. The SMILES string of the molecule is CC(N)Cc1ccccc1OCC(=O)N1CCCC1. The quantitative estimate of drug-likeness (QED) is 0.876. The van der Waals surface area contributed by atoms with Gasteiger partial charge in [0, 0.05) is 19.1 Å². The van der Waals surface area contributed by atoms with E-state index in [1.807, 2.05) is 36.1 Å². The number of ether oxygens (including phenoxy) is 1. The Morgan fingerprint density at radius 3 is 2.74 bits per heavy atom. The van der Waals surface area contributed by atoms with Crippen molar-refractivity contribution >= 4 is 5.91 Å². The zero-order valence-corrected chi connectivity index (χ0v) is 11.5. The molecule has 0 bridgehead atoms. The Hall–Kier alpha value is -1.55. The van der Waals surface area contributed by atoms with Crippen LogP contribution < -0.4 is 10.5 Å². The molecule has 104 valence electrons. The first-order valence-electron chi connectivity index (χ1n) is 6.91. The Balaban J connectivity index is 1.93. The summed E-state index contributed by atoms with van der Waals surface area (Å²) in [6.45, 7) is 3.81. The Morgan fingerprint density at radius 2 is 2.05 bits per heavy atom. The lowest BCUT2D eigenvalue weighted by atomic mass is 10.1. The lowest BCUT2D eigenvalue weighted by molar-refractivity contribution is -0.132. The van der Waals surface area contributed by atoms with Gasteiger partial charge in [-0.05, 0) is 37.8 Å². The average molecular weight is 262 g/mol. The molecule has 2 rings (SSSR count). The van der Waals surface area contributed by atoms with E-state index in [0.29, 0.717) is 0 Å². The number of nitrogens with zero attached hydrogens (tertiary/aromatic N) is 1. The van der Waals surface area contributed by atoms with Crippen molar-refractivity contribution in [2.24, 2.45) is 5.73 Å². The average Bonchev–Trinajstić information content (AvgIpc) is 2.90. The zero-order chi connectivity index (χ0) is 13.7. The maximum Gasteiger partial charge on any atom is 0.260 e. The van der Waals surface area contributed by atoms with Crippen LogP contribution in [0.25, 0.3) is 0 Å². The molecule has 0 radical (unpaired) electrons. The number of hydrogen-bond acceptors (Lipinski definition) is 3. The van der Waals surface area contributed by atoms with Crippen LogP contribution in [0, 0.1) is 0 Å². The van der Waals surface area contributed by atoms with Crippen LogP contribution in [0.15, 0.2) is 24.3 Å². The molecule has 0 aromatic heterocycles. The van der Waals surface area contributed by atoms with E-state index < -0.39 is 0 Å². The summed E-state index contributed by atoms with van der Waals surface area (Å²) in [5.41, 5.74) is 6.88. The zero-order valence-electron chi connectivity index (χ0n) is 11.5. The Kier molecular flexibility index (Phi) is 4.80. The van der Waals surface area contributed by atoms with E-state index in [1.54, 1.807) is 0 Å². The van der Waals surface area contributed by atoms with Gasteiger partial charge in [0.2, 0.25) is 0 Å². The Bertz CT molecular complexity index is 426. The minimum Gasteiger partial charge on any atom is -0.483 e. The van der Waals surface area contributed by atoms with Crippen LogP contribution in [-0.4, -0.2) is 36.5 Å². The van der Waals surface area contributed by atoms with Gasteiger partial charge < -0.3 is 15.4 Å². The summed E-state index contributed by atoms with van der Waals surface area (Å²) in [7, 11) is 0. The summed E-state index contributed by atoms with van der Waals surface area (Å²) in [6, 6.07) is 7.86. The van der Waals surface area contributed by atoms with Crippen molar-refractivity contribution in [3.63, 3.8) is 0 Å². The van der Waals surface area contributed by atoms with Gasteiger partial charge in [-0.25, -0.2) is 0 Å². The predicted octanol–water partition coefficient (Wildman–Crippen LogP) is 1.58. The van der Waals surface area contributed by atoms with Crippen LogP contribution in [-0.2, 0) is 11.2 Å². The summed E-state index contributed by atoms with van der Waals surface area (Å²) in [5.74, 6) is 0.848. The number of carbonyl (C=O) groups excluding carboxylic acids is 1. The van der Waals surface area contributed by atoms with Gasteiger partial charge in [0.05, 0.1) is 0 Å². The fraction of sp³-hybridized carbons (Fsp3) is 0.533. The first-order valence-corrected chi connectivity index (χ1v) is 6.91. The fourth-order valence-electron chi connectivity index (χ4n) is 2.36. The molecule has 0 aliphatic carbocycles. The minimum absolute atomic E-state index is 0.0769.